The van der Waals surface area contributed by atoms with Crippen molar-refractivity contribution in [3.05, 3.63) is 71.3 Å². The predicted molar refractivity (Wildman–Crippen MR) is 136 cm³/mol. The third kappa shape index (κ3) is 6.92. The zero-order valence-electron chi connectivity index (χ0n) is 21.6. The summed E-state index contributed by atoms with van der Waals surface area (Å²) in [4.78, 5) is 29.4. The quantitative estimate of drug-likeness (QED) is 0.511. The number of halogens is 3. The van der Waals surface area contributed by atoms with E-state index in [1.54, 1.807) is 4.90 Å². The molecule has 4 rings (SSSR count). The van der Waals surface area contributed by atoms with Gasteiger partial charge in [-0.15, -0.1) is 0 Å². The van der Waals surface area contributed by atoms with Gasteiger partial charge in [0, 0.05) is 32.0 Å². The molecule has 37 heavy (non-hydrogen) atoms. The summed E-state index contributed by atoms with van der Waals surface area (Å²) in [6.45, 7) is 7.42. The summed E-state index contributed by atoms with van der Waals surface area (Å²) in [5, 5.41) is 3.19. The second-order valence-corrected chi connectivity index (χ2v) is 10.9. The first-order chi connectivity index (χ1) is 17.5. The molecular weight excluding hydrogens is 479 g/mol. The summed E-state index contributed by atoms with van der Waals surface area (Å²) < 4.78 is 38.5. The third-order valence-corrected chi connectivity index (χ3v) is 7.75. The lowest BCUT2D eigenvalue weighted by atomic mass is 9.77. The first-order valence-corrected chi connectivity index (χ1v) is 13.1. The van der Waals surface area contributed by atoms with E-state index in [4.69, 9.17) is 0 Å². The van der Waals surface area contributed by atoms with Crippen LogP contribution in [0.2, 0.25) is 0 Å². The van der Waals surface area contributed by atoms with Gasteiger partial charge in [-0.2, -0.15) is 13.2 Å². The van der Waals surface area contributed by atoms with E-state index in [1.807, 2.05) is 44.2 Å². The summed E-state index contributed by atoms with van der Waals surface area (Å²) in [6, 6.07) is 15.1. The van der Waals surface area contributed by atoms with Crippen LogP contribution in [0, 0.1) is 11.3 Å². The van der Waals surface area contributed by atoms with Crippen molar-refractivity contribution < 1.29 is 22.8 Å². The van der Waals surface area contributed by atoms with Crippen molar-refractivity contribution in [3.8, 4) is 0 Å². The van der Waals surface area contributed by atoms with Crippen LogP contribution in [0.5, 0.6) is 0 Å². The fourth-order valence-electron chi connectivity index (χ4n) is 5.39. The minimum absolute atomic E-state index is 0.0423. The molecule has 2 aromatic carbocycles. The van der Waals surface area contributed by atoms with Crippen molar-refractivity contribution >= 4 is 11.8 Å². The standard InChI is InChI=1S/C29H36F3N3O2/c1-21(2)27(37)33-25(23-6-4-3-5-7-23)12-15-34-16-13-28(14-17-34)18-26(36)35(20-28)19-22-8-10-24(11-9-22)29(30,31)32/h3-11,21,25H,12-20H2,1-2H3,(H,33,37). The molecule has 2 saturated heterocycles. The van der Waals surface area contributed by atoms with Gasteiger partial charge in [0.1, 0.15) is 0 Å². The Kier molecular flexibility index (Phi) is 8.26. The molecule has 1 atom stereocenters. The molecule has 8 heteroatoms. The van der Waals surface area contributed by atoms with Crippen LogP contribution in [0.15, 0.2) is 54.6 Å². The third-order valence-electron chi connectivity index (χ3n) is 7.75. The fraction of sp³-hybridized carbons (Fsp3) is 0.517. The van der Waals surface area contributed by atoms with Gasteiger partial charge in [0.25, 0.3) is 0 Å². The van der Waals surface area contributed by atoms with E-state index in [9.17, 15) is 22.8 Å². The highest BCUT2D eigenvalue weighted by Gasteiger charge is 2.44. The molecule has 2 amide bonds. The molecule has 0 radical (unpaired) electrons. The van der Waals surface area contributed by atoms with Crippen molar-refractivity contribution in [2.75, 3.05) is 26.2 Å². The summed E-state index contributed by atoms with van der Waals surface area (Å²) >= 11 is 0. The van der Waals surface area contributed by atoms with E-state index >= 15 is 0 Å². The Hall–Kier alpha value is -2.87. The Morgan fingerprint density at radius 1 is 1.03 bits per heavy atom. The number of hydrogen-bond donors (Lipinski definition) is 1. The van der Waals surface area contributed by atoms with Crippen LogP contribution < -0.4 is 5.32 Å². The zero-order chi connectivity index (χ0) is 26.6. The molecule has 1 spiro atoms. The molecule has 2 aromatic rings. The molecular formula is C29H36F3N3O2. The molecule has 2 heterocycles. The molecule has 0 bridgehead atoms. The number of carbonyl (C=O) groups excluding carboxylic acids is 2. The monoisotopic (exact) mass is 515 g/mol. The predicted octanol–water partition coefficient (Wildman–Crippen LogP) is 5.42. The smallest absolute Gasteiger partial charge is 0.349 e. The molecule has 2 aliphatic heterocycles. The number of rotatable bonds is 8. The average molecular weight is 516 g/mol. The second kappa shape index (κ2) is 11.3. The number of piperidine rings is 1. The largest absolute Gasteiger partial charge is 0.416 e. The molecule has 1 unspecified atom stereocenters. The van der Waals surface area contributed by atoms with E-state index in [0.717, 1.165) is 56.6 Å². The van der Waals surface area contributed by atoms with Crippen molar-refractivity contribution in [1.82, 2.24) is 15.1 Å². The molecule has 0 saturated carbocycles. The van der Waals surface area contributed by atoms with Crippen LogP contribution in [-0.4, -0.2) is 47.8 Å². The van der Waals surface area contributed by atoms with Crippen molar-refractivity contribution in [1.29, 1.82) is 0 Å². The normalized spacial score (nSPS) is 19.0. The van der Waals surface area contributed by atoms with Crippen molar-refractivity contribution in [2.45, 2.75) is 58.3 Å². The number of likely N-dealkylation sites (tertiary alicyclic amines) is 2. The van der Waals surface area contributed by atoms with Crippen LogP contribution in [0.3, 0.4) is 0 Å². The van der Waals surface area contributed by atoms with Crippen molar-refractivity contribution in [3.63, 3.8) is 0 Å². The van der Waals surface area contributed by atoms with Crippen LogP contribution in [-0.2, 0) is 22.3 Å². The van der Waals surface area contributed by atoms with Gasteiger partial charge in [-0.1, -0.05) is 56.3 Å². The Balaban J connectivity index is 1.30. The number of nitrogens with one attached hydrogen (secondary N) is 1. The topological polar surface area (TPSA) is 52.7 Å². The highest BCUT2D eigenvalue weighted by Crippen LogP contribution is 2.41. The number of alkyl halides is 3. The van der Waals surface area contributed by atoms with E-state index in [2.05, 4.69) is 10.2 Å². The second-order valence-electron chi connectivity index (χ2n) is 10.9. The zero-order valence-corrected chi connectivity index (χ0v) is 21.6. The SMILES string of the molecule is CC(C)C(=O)NC(CCN1CCC2(CC1)CC(=O)N(Cc1ccc(C(F)(F)F)cc1)C2)c1ccccc1. The number of hydrogen-bond acceptors (Lipinski definition) is 3. The van der Waals surface area contributed by atoms with Gasteiger partial charge in [0.15, 0.2) is 0 Å². The molecule has 1 N–H and O–H groups in total. The fourth-order valence-corrected chi connectivity index (χ4v) is 5.39. The van der Waals surface area contributed by atoms with Gasteiger partial charge >= 0.3 is 6.18 Å². The maximum atomic E-state index is 12.8. The summed E-state index contributed by atoms with van der Waals surface area (Å²) in [6.07, 6.45) is -1.22. The molecule has 2 aliphatic rings. The molecule has 0 aliphatic carbocycles. The summed E-state index contributed by atoms with van der Waals surface area (Å²) in [5.74, 6) is 0.0458. The first kappa shape index (κ1) is 27.2. The highest BCUT2D eigenvalue weighted by molar-refractivity contribution is 5.79. The Bertz CT molecular complexity index is 1060. The van der Waals surface area contributed by atoms with E-state index in [-0.39, 0.29) is 29.2 Å². The lowest BCUT2D eigenvalue weighted by Crippen LogP contribution is -2.43. The van der Waals surface area contributed by atoms with Crippen LogP contribution in [0.4, 0.5) is 13.2 Å². The number of benzene rings is 2. The summed E-state index contributed by atoms with van der Waals surface area (Å²) in [7, 11) is 0. The van der Waals surface area contributed by atoms with Gasteiger partial charge in [-0.25, -0.2) is 0 Å². The van der Waals surface area contributed by atoms with Gasteiger partial charge < -0.3 is 15.1 Å². The lowest BCUT2D eigenvalue weighted by Gasteiger charge is -2.39. The highest BCUT2D eigenvalue weighted by atomic mass is 19.4. The van der Waals surface area contributed by atoms with Gasteiger partial charge in [0.05, 0.1) is 11.6 Å². The number of nitrogens with zero attached hydrogens (tertiary/aromatic N) is 2. The van der Waals surface area contributed by atoms with Gasteiger partial charge in [-0.05, 0) is 61.0 Å². The first-order valence-electron chi connectivity index (χ1n) is 13.1. The van der Waals surface area contributed by atoms with E-state index < -0.39 is 11.7 Å². The number of amides is 2. The maximum absolute atomic E-state index is 12.8. The Morgan fingerprint density at radius 2 is 1.68 bits per heavy atom. The van der Waals surface area contributed by atoms with E-state index in [1.165, 1.54) is 12.1 Å². The Labute approximate surface area is 217 Å². The van der Waals surface area contributed by atoms with Crippen LogP contribution in [0.1, 0.15) is 62.3 Å². The molecule has 5 nitrogen and oxygen atoms in total. The minimum Gasteiger partial charge on any atom is -0.349 e. The van der Waals surface area contributed by atoms with Gasteiger partial charge in [0.2, 0.25) is 11.8 Å². The van der Waals surface area contributed by atoms with Gasteiger partial charge in [-0.3, -0.25) is 9.59 Å². The molecule has 2 fully saturated rings. The number of carbonyl (C=O) groups is 2. The molecule has 200 valence electrons. The van der Waals surface area contributed by atoms with E-state index in [0.29, 0.717) is 25.1 Å². The molecule has 0 aromatic heterocycles. The Morgan fingerprint density at radius 3 is 2.27 bits per heavy atom. The average Bonchev–Trinajstić information content (AvgIpc) is 3.17. The minimum atomic E-state index is -4.36. The van der Waals surface area contributed by atoms with Crippen molar-refractivity contribution in [2.24, 2.45) is 11.3 Å². The summed E-state index contributed by atoms with van der Waals surface area (Å²) in [5.41, 5.74) is 1.08. The van der Waals surface area contributed by atoms with Crippen LogP contribution >= 0.6 is 0 Å². The maximum Gasteiger partial charge on any atom is 0.416 e. The lowest BCUT2D eigenvalue weighted by molar-refractivity contribution is -0.137. The van der Waals surface area contributed by atoms with Crippen LogP contribution in [0.25, 0.3) is 0 Å².